The average molecular weight is 315 g/mol. The molecule has 5 nitrogen and oxygen atoms in total. The fourth-order valence-corrected chi connectivity index (χ4v) is 1.85. The van der Waals surface area contributed by atoms with E-state index in [4.69, 9.17) is 5.11 Å². The fraction of sp³-hybridized carbons (Fsp3) is 0.417. The summed E-state index contributed by atoms with van der Waals surface area (Å²) in [5, 5.41) is 11.4. The number of carbonyl (C=O) groups excluding carboxylic acids is 1. The largest absolute Gasteiger partial charge is 0.481 e. The summed E-state index contributed by atoms with van der Waals surface area (Å²) in [4.78, 5) is 26.3. The van der Waals surface area contributed by atoms with E-state index in [1.54, 1.807) is 12.3 Å². The molecule has 0 aliphatic rings. The topological polar surface area (TPSA) is 79.3 Å². The highest BCUT2D eigenvalue weighted by Gasteiger charge is 2.13. The fourth-order valence-electron chi connectivity index (χ4n) is 1.48. The Hall–Kier alpha value is -1.43. The van der Waals surface area contributed by atoms with E-state index in [1.807, 2.05) is 6.92 Å². The Balaban J connectivity index is 2.52. The zero-order chi connectivity index (χ0) is 13.5. The van der Waals surface area contributed by atoms with Crippen LogP contribution in [0.5, 0.6) is 0 Å². The average Bonchev–Trinajstić information content (AvgIpc) is 2.33. The molecule has 1 rings (SSSR count). The first-order valence-electron chi connectivity index (χ1n) is 5.63. The van der Waals surface area contributed by atoms with Crippen molar-refractivity contribution in [3.8, 4) is 0 Å². The molecule has 18 heavy (non-hydrogen) atoms. The molecular weight excluding hydrogens is 300 g/mol. The van der Waals surface area contributed by atoms with Gasteiger partial charge in [-0.25, -0.2) is 0 Å². The minimum absolute atomic E-state index is 0.0495. The molecular formula is C12H15BrN2O3. The maximum atomic E-state index is 11.8. The van der Waals surface area contributed by atoms with Crippen LogP contribution in [0.25, 0.3) is 0 Å². The number of amides is 1. The summed E-state index contributed by atoms with van der Waals surface area (Å²) in [5.41, 5.74) is 0.453. The molecule has 0 aliphatic carbocycles. The predicted molar refractivity (Wildman–Crippen MR) is 70.3 cm³/mol. The van der Waals surface area contributed by atoms with Crippen molar-refractivity contribution in [3.63, 3.8) is 0 Å². The van der Waals surface area contributed by atoms with E-state index in [1.165, 1.54) is 6.20 Å². The third-order valence-electron chi connectivity index (χ3n) is 2.56. The van der Waals surface area contributed by atoms with E-state index in [-0.39, 0.29) is 18.2 Å². The molecule has 0 radical (unpaired) electrons. The van der Waals surface area contributed by atoms with Gasteiger partial charge in [0.15, 0.2) is 0 Å². The third-order valence-corrected chi connectivity index (χ3v) is 2.99. The third kappa shape index (κ3) is 4.83. The van der Waals surface area contributed by atoms with Gasteiger partial charge in [0.1, 0.15) is 0 Å². The Bertz CT molecular complexity index is 437. The van der Waals surface area contributed by atoms with E-state index in [2.05, 4.69) is 26.2 Å². The molecule has 1 aromatic rings. The molecule has 0 spiro atoms. The second kappa shape index (κ2) is 7.10. The molecule has 1 atom stereocenters. The maximum Gasteiger partial charge on any atom is 0.303 e. The van der Waals surface area contributed by atoms with Crippen LogP contribution in [0.1, 0.15) is 30.1 Å². The van der Waals surface area contributed by atoms with Crippen molar-refractivity contribution in [2.24, 2.45) is 5.92 Å². The maximum absolute atomic E-state index is 11.8. The van der Waals surface area contributed by atoms with E-state index in [9.17, 15) is 9.59 Å². The summed E-state index contributed by atoms with van der Waals surface area (Å²) in [6.07, 6.45) is 3.84. The van der Waals surface area contributed by atoms with Crippen molar-refractivity contribution in [2.75, 3.05) is 6.54 Å². The van der Waals surface area contributed by atoms with Crippen molar-refractivity contribution in [3.05, 3.63) is 28.5 Å². The van der Waals surface area contributed by atoms with E-state index < -0.39 is 5.97 Å². The zero-order valence-corrected chi connectivity index (χ0v) is 11.6. The number of pyridine rings is 1. The number of rotatable bonds is 6. The number of carboxylic acids is 1. The smallest absolute Gasteiger partial charge is 0.303 e. The van der Waals surface area contributed by atoms with Crippen LogP contribution in [0, 0.1) is 5.92 Å². The van der Waals surface area contributed by atoms with Gasteiger partial charge in [-0.1, -0.05) is 13.3 Å². The van der Waals surface area contributed by atoms with Crippen LogP contribution in [0.4, 0.5) is 0 Å². The highest BCUT2D eigenvalue weighted by Crippen LogP contribution is 2.10. The van der Waals surface area contributed by atoms with Crippen LogP contribution < -0.4 is 5.32 Å². The summed E-state index contributed by atoms with van der Waals surface area (Å²) in [6, 6.07) is 1.67. The molecule has 0 fully saturated rings. The van der Waals surface area contributed by atoms with E-state index in [0.29, 0.717) is 18.5 Å². The number of aliphatic carboxylic acids is 1. The van der Waals surface area contributed by atoms with Crippen LogP contribution in [0.15, 0.2) is 22.9 Å². The number of aromatic nitrogens is 1. The van der Waals surface area contributed by atoms with Crippen molar-refractivity contribution in [1.29, 1.82) is 0 Å². The van der Waals surface area contributed by atoms with Gasteiger partial charge in [0.2, 0.25) is 0 Å². The zero-order valence-electron chi connectivity index (χ0n) is 10.0. The Morgan fingerprint density at radius 2 is 2.22 bits per heavy atom. The standard InChI is InChI=1S/C12H15BrN2O3/c1-2-8(3-11(16)17)5-15-12(18)9-4-10(13)7-14-6-9/h4,6-8H,2-3,5H2,1H3,(H,15,18)(H,16,17). The number of nitrogens with zero attached hydrogens (tertiary/aromatic N) is 1. The molecule has 0 aliphatic heterocycles. The van der Waals surface area contributed by atoms with Crippen molar-refractivity contribution in [2.45, 2.75) is 19.8 Å². The van der Waals surface area contributed by atoms with Gasteiger partial charge < -0.3 is 10.4 Å². The molecule has 0 aromatic carbocycles. The quantitative estimate of drug-likeness (QED) is 0.842. The Morgan fingerprint density at radius 1 is 1.50 bits per heavy atom. The second-order valence-corrected chi connectivity index (χ2v) is 4.89. The Morgan fingerprint density at radius 3 is 2.78 bits per heavy atom. The van der Waals surface area contributed by atoms with Gasteiger partial charge in [-0.2, -0.15) is 0 Å². The van der Waals surface area contributed by atoms with Gasteiger partial charge in [0, 0.05) is 29.8 Å². The first-order valence-corrected chi connectivity index (χ1v) is 6.42. The number of halogens is 1. The first kappa shape index (κ1) is 14.6. The lowest BCUT2D eigenvalue weighted by molar-refractivity contribution is -0.138. The molecule has 0 saturated carbocycles. The van der Waals surface area contributed by atoms with Crippen molar-refractivity contribution >= 4 is 27.8 Å². The summed E-state index contributed by atoms with van der Waals surface area (Å²) in [7, 11) is 0. The van der Waals surface area contributed by atoms with Crippen LogP contribution in [-0.2, 0) is 4.79 Å². The van der Waals surface area contributed by atoms with Gasteiger partial charge in [-0.15, -0.1) is 0 Å². The minimum Gasteiger partial charge on any atom is -0.481 e. The molecule has 6 heteroatoms. The van der Waals surface area contributed by atoms with Gasteiger partial charge in [-0.3, -0.25) is 14.6 Å². The molecule has 1 heterocycles. The lowest BCUT2D eigenvalue weighted by Gasteiger charge is -2.13. The number of nitrogens with one attached hydrogen (secondary N) is 1. The van der Waals surface area contributed by atoms with Crippen molar-refractivity contribution in [1.82, 2.24) is 10.3 Å². The molecule has 1 amide bonds. The predicted octanol–water partition coefficient (Wildman–Crippen LogP) is 2.07. The Kier molecular flexibility index (Phi) is 5.77. The van der Waals surface area contributed by atoms with Crippen LogP contribution in [-0.4, -0.2) is 28.5 Å². The summed E-state index contributed by atoms with van der Waals surface area (Å²) in [5.74, 6) is -1.14. The minimum atomic E-state index is -0.847. The van der Waals surface area contributed by atoms with E-state index in [0.717, 1.165) is 4.47 Å². The van der Waals surface area contributed by atoms with Gasteiger partial charge in [-0.05, 0) is 27.9 Å². The second-order valence-electron chi connectivity index (χ2n) is 3.97. The molecule has 0 bridgehead atoms. The molecule has 98 valence electrons. The highest BCUT2D eigenvalue weighted by molar-refractivity contribution is 9.10. The number of carboxylic acid groups (broad SMARTS) is 1. The van der Waals surface area contributed by atoms with E-state index >= 15 is 0 Å². The summed E-state index contributed by atoms with van der Waals surface area (Å²) < 4.78 is 0.729. The SMILES string of the molecule is CCC(CNC(=O)c1cncc(Br)c1)CC(=O)O. The number of carbonyl (C=O) groups is 2. The molecule has 1 unspecified atom stereocenters. The lowest BCUT2D eigenvalue weighted by atomic mass is 10.0. The highest BCUT2D eigenvalue weighted by atomic mass is 79.9. The normalized spacial score (nSPS) is 11.9. The summed E-state index contributed by atoms with van der Waals surface area (Å²) >= 11 is 3.24. The monoisotopic (exact) mass is 314 g/mol. The van der Waals surface area contributed by atoms with Crippen LogP contribution in [0.2, 0.25) is 0 Å². The molecule has 0 saturated heterocycles. The van der Waals surface area contributed by atoms with Gasteiger partial charge in [0.05, 0.1) is 5.56 Å². The van der Waals surface area contributed by atoms with Crippen LogP contribution in [0.3, 0.4) is 0 Å². The van der Waals surface area contributed by atoms with Gasteiger partial charge in [0.25, 0.3) is 5.91 Å². The molecule has 2 N–H and O–H groups in total. The Labute approximate surface area is 114 Å². The van der Waals surface area contributed by atoms with Crippen molar-refractivity contribution < 1.29 is 14.7 Å². The van der Waals surface area contributed by atoms with Gasteiger partial charge >= 0.3 is 5.97 Å². The number of hydrogen-bond acceptors (Lipinski definition) is 3. The molecule has 1 aromatic heterocycles. The number of hydrogen-bond donors (Lipinski definition) is 2. The van der Waals surface area contributed by atoms with Crippen LogP contribution >= 0.6 is 15.9 Å². The summed E-state index contributed by atoms with van der Waals surface area (Å²) in [6.45, 7) is 2.26. The first-order chi connectivity index (χ1) is 8.52. The lowest BCUT2D eigenvalue weighted by Crippen LogP contribution is -2.30.